The Balaban J connectivity index is 1.42. The highest BCUT2D eigenvalue weighted by molar-refractivity contribution is 5.81. The van der Waals surface area contributed by atoms with E-state index in [2.05, 4.69) is 25.1 Å². The molecule has 2 aromatic heterocycles. The molecular weight excluding hydrogens is 340 g/mol. The van der Waals surface area contributed by atoms with Crippen LogP contribution in [0.5, 0.6) is 0 Å². The van der Waals surface area contributed by atoms with Gasteiger partial charge >= 0.3 is 0 Å². The molecule has 142 valence electrons. The third-order valence-corrected chi connectivity index (χ3v) is 5.27. The Morgan fingerprint density at radius 2 is 1.85 bits per heavy atom. The van der Waals surface area contributed by atoms with Crippen molar-refractivity contribution in [1.29, 1.82) is 0 Å². The van der Waals surface area contributed by atoms with E-state index in [0.29, 0.717) is 6.04 Å². The number of rotatable bonds is 5. The highest BCUT2D eigenvalue weighted by Crippen LogP contribution is 2.22. The molecule has 2 fully saturated rings. The first-order valence-electron chi connectivity index (χ1n) is 9.65. The minimum absolute atomic E-state index is 0.0766. The van der Waals surface area contributed by atoms with Gasteiger partial charge in [0.2, 0.25) is 5.91 Å². The fourth-order valence-corrected chi connectivity index (χ4v) is 3.40. The van der Waals surface area contributed by atoms with Gasteiger partial charge in [-0.05, 0) is 38.8 Å². The van der Waals surface area contributed by atoms with Crippen LogP contribution >= 0.6 is 0 Å². The van der Waals surface area contributed by atoms with E-state index in [9.17, 15) is 4.79 Å². The van der Waals surface area contributed by atoms with Crippen molar-refractivity contribution in [3.63, 3.8) is 0 Å². The van der Waals surface area contributed by atoms with Crippen molar-refractivity contribution in [2.75, 3.05) is 31.1 Å². The average molecular weight is 366 g/mol. The van der Waals surface area contributed by atoms with Crippen molar-refractivity contribution in [1.82, 2.24) is 25.2 Å². The lowest BCUT2D eigenvalue weighted by molar-refractivity contribution is -0.126. The summed E-state index contributed by atoms with van der Waals surface area (Å²) in [6.07, 6.45) is 5.76. The first-order valence-corrected chi connectivity index (χ1v) is 9.65. The molecular formula is C20H26N6O. The molecule has 2 aliphatic rings. The number of nitrogens with zero attached hydrogens (tertiary/aromatic N) is 5. The smallest absolute Gasteiger partial charge is 0.237 e. The van der Waals surface area contributed by atoms with E-state index >= 15 is 0 Å². The van der Waals surface area contributed by atoms with Crippen molar-refractivity contribution in [2.45, 2.75) is 38.8 Å². The summed E-state index contributed by atoms with van der Waals surface area (Å²) in [5.74, 6) is 1.83. The topological polar surface area (TPSA) is 74.2 Å². The van der Waals surface area contributed by atoms with E-state index in [0.717, 1.165) is 61.9 Å². The predicted octanol–water partition coefficient (Wildman–Crippen LogP) is 1.64. The number of amides is 1. The molecule has 7 heteroatoms. The molecule has 4 rings (SSSR count). The molecule has 27 heavy (non-hydrogen) atoms. The van der Waals surface area contributed by atoms with Crippen LogP contribution < -0.4 is 10.2 Å². The number of hydrogen-bond donors (Lipinski definition) is 1. The molecule has 0 radical (unpaired) electrons. The fourth-order valence-electron chi connectivity index (χ4n) is 3.40. The van der Waals surface area contributed by atoms with Gasteiger partial charge in [-0.1, -0.05) is 0 Å². The van der Waals surface area contributed by atoms with Crippen LogP contribution in [-0.2, 0) is 4.79 Å². The maximum atomic E-state index is 12.3. The number of piperazine rings is 1. The second-order valence-corrected chi connectivity index (χ2v) is 7.41. The summed E-state index contributed by atoms with van der Waals surface area (Å²) in [5.41, 5.74) is 1.92. The van der Waals surface area contributed by atoms with Gasteiger partial charge in [-0.15, -0.1) is 0 Å². The molecule has 2 aromatic rings. The third-order valence-electron chi connectivity index (χ3n) is 5.27. The molecule has 0 spiro atoms. The van der Waals surface area contributed by atoms with Gasteiger partial charge in [0.25, 0.3) is 0 Å². The van der Waals surface area contributed by atoms with Gasteiger partial charge in [0.05, 0.1) is 6.04 Å². The second kappa shape index (κ2) is 7.60. The van der Waals surface area contributed by atoms with E-state index < -0.39 is 0 Å². The van der Waals surface area contributed by atoms with Gasteiger partial charge in [0.15, 0.2) is 5.82 Å². The summed E-state index contributed by atoms with van der Waals surface area (Å²) in [6.45, 7) is 7.42. The Morgan fingerprint density at radius 3 is 2.52 bits per heavy atom. The summed E-state index contributed by atoms with van der Waals surface area (Å²) in [5, 5.41) is 3.11. The molecule has 0 aromatic carbocycles. The summed E-state index contributed by atoms with van der Waals surface area (Å²) in [7, 11) is 0. The number of carbonyl (C=O) groups is 1. The maximum absolute atomic E-state index is 12.3. The molecule has 1 saturated heterocycles. The molecule has 1 atom stereocenters. The summed E-state index contributed by atoms with van der Waals surface area (Å²) in [4.78, 5) is 30.2. The van der Waals surface area contributed by atoms with Crippen LogP contribution in [0.15, 0.2) is 30.6 Å². The SMILES string of the molecule is Cc1cc(N2CCN([C@H](C)C(=O)NC3CC3)CC2)nc(-c2ccncc2)n1. The molecule has 1 aliphatic carbocycles. The second-order valence-electron chi connectivity index (χ2n) is 7.41. The lowest BCUT2D eigenvalue weighted by Gasteiger charge is -2.38. The summed E-state index contributed by atoms with van der Waals surface area (Å²) >= 11 is 0. The van der Waals surface area contributed by atoms with Gasteiger partial charge in [0, 0.05) is 61.9 Å². The highest BCUT2D eigenvalue weighted by Gasteiger charge is 2.30. The Bertz CT molecular complexity index is 799. The minimum Gasteiger partial charge on any atom is -0.354 e. The Kier molecular flexibility index (Phi) is 5.03. The van der Waals surface area contributed by atoms with Crippen molar-refractivity contribution in [3.8, 4) is 11.4 Å². The first kappa shape index (κ1) is 17.9. The van der Waals surface area contributed by atoms with E-state index in [1.54, 1.807) is 12.4 Å². The monoisotopic (exact) mass is 366 g/mol. The Labute approximate surface area is 159 Å². The predicted molar refractivity (Wildman–Crippen MR) is 104 cm³/mol. The largest absolute Gasteiger partial charge is 0.354 e. The van der Waals surface area contributed by atoms with Crippen LogP contribution in [0.25, 0.3) is 11.4 Å². The number of anilines is 1. The van der Waals surface area contributed by atoms with E-state index in [-0.39, 0.29) is 11.9 Å². The van der Waals surface area contributed by atoms with Crippen LogP contribution in [-0.4, -0.2) is 64.0 Å². The zero-order valence-corrected chi connectivity index (χ0v) is 15.9. The zero-order chi connectivity index (χ0) is 18.8. The lowest BCUT2D eigenvalue weighted by atomic mass is 10.2. The van der Waals surface area contributed by atoms with Crippen molar-refractivity contribution >= 4 is 11.7 Å². The molecule has 1 N–H and O–H groups in total. The Morgan fingerprint density at radius 1 is 1.15 bits per heavy atom. The number of hydrogen-bond acceptors (Lipinski definition) is 6. The highest BCUT2D eigenvalue weighted by atomic mass is 16.2. The molecule has 0 bridgehead atoms. The first-order chi connectivity index (χ1) is 13.1. The van der Waals surface area contributed by atoms with Gasteiger partial charge in [0.1, 0.15) is 5.82 Å². The molecule has 3 heterocycles. The molecule has 1 amide bonds. The third kappa shape index (κ3) is 4.24. The van der Waals surface area contributed by atoms with E-state index in [1.807, 2.05) is 32.0 Å². The van der Waals surface area contributed by atoms with Crippen LogP contribution in [0, 0.1) is 6.92 Å². The Hall–Kier alpha value is -2.54. The van der Waals surface area contributed by atoms with Gasteiger partial charge < -0.3 is 10.2 Å². The van der Waals surface area contributed by atoms with Crippen molar-refractivity contribution in [3.05, 3.63) is 36.3 Å². The van der Waals surface area contributed by atoms with Gasteiger partial charge in [-0.2, -0.15) is 0 Å². The summed E-state index contributed by atoms with van der Waals surface area (Å²) < 4.78 is 0. The molecule has 0 unspecified atom stereocenters. The number of nitrogens with one attached hydrogen (secondary N) is 1. The lowest BCUT2D eigenvalue weighted by Crippen LogP contribution is -2.54. The number of aromatic nitrogens is 3. The summed E-state index contributed by atoms with van der Waals surface area (Å²) in [6, 6.07) is 6.22. The molecule has 7 nitrogen and oxygen atoms in total. The maximum Gasteiger partial charge on any atom is 0.237 e. The van der Waals surface area contributed by atoms with Crippen LogP contribution in [0.2, 0.25) is 0 Å². The average Bonchev–Trinajstić information content (AvgIpc) is 3.52. The van der Waals surface area contributed by atoms with Crippen LogP contribution in [0.1, 0.15) is 25.5 Å². The van der Waals surface area contributed by atoms with Crippen LogP contribution in [0.3, 0.4) is 0 Å². The van der Waals surface area contributed by atoms with Gasteiger partial charge in [-0.3, -0.25) is 14.7 Å². The molecule has 1 saturated carbocycles. The van der Waals surface area contributed by atoms with E-state index in [4.69, 9.17) is 4.98 Å². The normalized spacial score (nSPS) is 19.0. The molecule has 1 aliphatic heterocycles. The number of carbonyl (C=O) groups excluding carboxylic acids is 1. The minimum atomic E-state index is -0.0766. The van der Waals surface area contributed by atoms with Crippen molar-refractivity contribution < 1.29 is 4.79 Å². The van der Waals surface area contributed by atoms with Crippen molar-refractivity contribution in [2.24, 2.45) is 0 Å². The van der Waals surface area contributed by atoms with Crippen LogP contribution in [0.4, 0.5) is 5.82 Å². The van der Waals surface area contributed by atoms with E-state index in [1.165, 1.54) is 0 Å². The zero-order valence-electron chi connectivity index (χ0n) is 15.9. The number of pyridine rings is 1. The standard InChI is InChI=1S/C20H26N6O/c1-14-13-18(24-19(22-14)16-5-7-21-8-6-16)26-11-9-25(10-12-26)15(2)20(27)23-17-3-4-17/h5-8,13,15,17H,3-4,9-12H2,1-2H3,(H,23,27)/t15-/m1/s1. The number of aryl methyl sites for hydroxylation is 1. The fraction of sp³-hybridized carbons (Fsp3) is 0.500. The van der Waals surface area contributed by atoms with Gasteiger partial charge in [-0.25, -0.2) is 9.97 Å². The quantitative estimate of drug-likeness (QED) is 0.867.